The maximum atomic E-state index is 3.38. The molecule has 11 heavy (non-hydrogen) atoms. The lowest BCUT2D eigenvalue weighted by Gasteiger charge is -1.93. The molecule has 0 bridgehead atoms. The van der Waals surface area contributed by atoms with Gasteiger partial charge in [0, 0.05) is 31.2 Å². The molecule has 2 N–H and O–H groups in total. The SMILES string of the molecule is C(=C1CCCN1)C1=[NH+]CCC1. The van der Waals surface area contributed by atoms with Crippen molar-refractivity contribution in [1.82, 2.24) is 5.32 Å². The van der Waals surface area contributed by atoms with Crippen LogP contribution in [0.2, 0.25) is 0 Å². The van der Waals surface area contributed by atoms with Crippen LogP contribution in [0.25, 0.3) is 0 Å². The zero-order chi connectivity index (χ0) is 7.52. The van der Waals surface area contributed by atoms with Crippen LogP contribution in [-0.4, -0.2) is 18.8 Å². The van der Waals surface area contributed by atoms with E-state index in [-0.39, 0.29) is 0 Å². The fourth-order valence-electron chi connectivity index (χ4n) is 1.69. The summed E-state index contributed by atoms with van der Waals surface area (Å²) in [5.74, 6) is 0. The zero-order valence-electron chi connectivity index (χ0n) is 6.82. The predicted molar refractivity (Wildman–Crippen MR) is 45.4 cm³/mol. The standard InChI is InChI=1S/C9H14N2/c1-3-8(10-5-1)7-9-4-2-6-11-9/h7,10H,1-6H2/p+1. The van der Waals surface area contributed by atoms with Crippen LogP contribution in [0.3, 0.4) is 0 Å². The van der Waals surface area contributed by atoms with Crippen LogP contribution in [0.1, 0.15) is 25.7 Å². The van der Waals surface area contributed by atoms with Crippen molar-refractivity contribution in [1.29, 1.82) is 0 Å². The van der Waals surface area contributed by atoms with Crippen molar-refractivity contribution in [2.75, 3.05) is 13.1 Å². The van der Waals surface area contributed by atoms with Crippen LogP contribution in [0, 0.1) is 0 Å². The minimum Gasteiger partial charge on any atom is -0.388 e. The van der Waals surface area contributed by atoms with Gasteiger partial charge in [-0.2, -0.15) is 0 Å². The molecule has 0 radical (unpaired) electrons. The van der Waals surface area contributed by atoms with Gasteiger partial charge in [0.15, 0.2) is 5.71 Å². The maximum absolute atomic E-state index is 3.38. The van der Waals surface area contributed by atoms with E-state index >= 15 is 0 Å². The Morgan fingerprint density at radius 1 is 1.27 bits per heavy atom. The van der Waals surface area contributed by atoms with E-state index in [2.05, 4.69) is 16.4 Å². The Balaban J connectivity index is 2.00. The van der Waals surface area contributed by atoms with Gasteiger partial charge in [-0.3, -0.25) is 0 Å². The van der Waals surface area contributed by atoms with Crippen LogP contribution in [-0.2, 0) is 0 Å². The first-order chi connectivity index (χ1) is 5.45. The summed E-state index contributed by atoms with van der Waals surface area (Å²) in [5.41, 5.74) is 2.85. The van der Waals surface area contributed by atoms with Crippen molar-refractivity contribution in [2.24, 2.45) is 0 Å². The summed E-state index contributed by atoms with van der Waals surface area (Å²) in [5, 5.41) is 3.38. The number of rotatable bonds is 1. The van der Waals surface area contributed by atoms with E-state index in [4.69, 9.17) is 0 Å². The normalized spacial score (nSPS) is 27.3. The highest BCUT2D eigenvalue weighted by Crippen LogP contribution is 2.08. The quantitative estimate of drug-likeness (QED) is 0.522. The van der Waals surface area contributed by atoms with E-state index < -0.39 is 0 Å². The molecule has 0 aromatic heterocycles. The lowest BCUT2D eigenvalue weighted by Crippen LogP contribution is -2.68. The van der Waals surface area contributed by atoms with Crippen LogP contribution >= 0.6 is 0 Å². The minimum atomic E-state index is 1.17. The summed E-state index contributed by atoms with van der Waals surface area (Å²) < 4.78 is 0. The first-order valence-corrected chi connectivity index (χ1v) is 4.49. The number of nitrogens with one attached hydrogen (secondary N) is 2. The number of allylic oxidation sites excluding steroid dienone is 2. The van der Waals surface area contributed by atoms with E-state index in [1.165, 1.54) is 50.2 Å². The summed E-state index contributed by atoms with van der Waals surface area (Å²) >= 11 is 0. The summed E-state index contributed by atoms with van der Waals surface area (Å²) in [7, 11) is 0. The second kappa shape index (κ2) is 3.07. The first kappa shape index (κ1) is 6.89. The molecule has 0 spiro atoms. The number of hydrogen-bond acceptors (Lipinski definition) is 1. The minimum absolute atomic E-state index is 1.17. The molecular weight excluding hydrogens is 136 g/mol. The molecule has 2 aliphatic rings. The molecule has 2 rings (SSSR count). The third-order valence-corrected chi connectivity index (χ3v) is 2.30. The Hall–Kier alpha value is -0.790. The Bertz CT molecular complexity index is 196. The van der Waals surface area contributed by atoms with Crippen molar-refractivity contribution >= 4 is 5.71 Å². The first-order valence-electron chi connectivity index (χ1n) is 4.49. The Morgan fingerprint density at radius 3 is 2.91 bits per heavy atom. The van der Waals surface area contributed by atoms with Crippen LogP contribution < -0.4 is 10.3 Å². The van der Waals surface area contributed by atoms with Crippen molar-refractivity contribution in [3.05, 3.63) is 11.8 Å². The molecule has 0 amide bonds. The Kier molecular flexibility index (Phi) is 1.93. The average Bonchev–Trinajstić information content (AvgIpc) is 2.60. The molecule has 0 saturated carbocycles. The monoisotopic (exact) mass is 151 g/mol. The van der Waals surface area contributed by atoms with Crippen molar-refractivity contribution in [3.63, 3.8) is 0 Å². The van der Waals surface area contributed by atoms with Gasteiger partial charge in [-0.15, -0.1) is 0 Å². The van der Waals surface area contributed by atoms with E-state index in [1.807, 2.05) is 0 Å². The van der Waals surface area contributed by atoms with Crippen LogP contribution in [0.4, 0.5) is 0 Å². The molecule has 0 aromatic carbocycles. The molecule has 2 aliphatic heterocycles. The highest BCUT2D eigenvalue weighted by molar-refractivity contribution is 5.91. The smallest absolute Gasteiger partial charge is 0.176 e. The van der Waals surface area contributed by atoms with Crippen LogP contribution in [0.15, 0.2) is 11.8 Å². The molecule has 2 heterocycles. The van der Waals surface area contributed by atoms with Gasteiger partial charge in [-0.1, -0.05) is 0 Å². The summed E-state index contributed by atoms with van der Waals surface area (Å²) in [6.45, 7) is 2.33. The molecule has 0 aliphatic carbocycles. The second-order valence-electron chi connectivity index (χ2n) is 3.26. The molecule has 1 saturated heterocycles. The lowest BCUT2D eigenvalue weighted by atomic mass is 10.2. The van der Waals surface area contributed by atoms with Gasteiger partial charge in [-0.25, -0.2) is 4.99 Å². The van der Waals surface area contributed by atoms with Gasteiger partial charge in [-0.05, 0) is 12.8 Å². The summed E-state index contributed by atoms with van der Waals surface area (Å²) in [6.07, 6.45) is 7.38. The van der Waals surface area contributed by atoms with Gasteiger partial charge in [0.2, 0.25) is 0 Å². The van der Waals surface area contributed by atoms with Gasteiger partial charge >= 0.3 is 0 Å². The lowest BCUT2D eigenvalue weighted by molar-refractivity contribution is -0.446. The molecule has 2 nitrogen and oxygen atoms in total. The Morgan fingerprint density at radius 2 is 2.27 bits per heavy atom. The topological polar surface area (TPSA) is 26.0 Å². The summed E-state index contributed by atoms with van der Waals surface area (Å²) in [4.78, 5) is 3.38. The van der Waals surface area contributed by atoms with Crippen molar-refractivity contribution in [3.8, 4) is 0 Å². The average molecular weight is 151 g/mol. The zero-order valence-corrected chi connectivity index (χ0v) is 6.82. The maximum Gasteiger partial charge on any atom is 0.176 e. The highest BCUT2D eigenvalue weighted by Gasteiger charge is 2.13. The highest BCUT2D eigenvalue weighted by atomic mass is 14.9. The van der Waals surface area contributed by atoms with Gasteiger partial charge in [0.05, 0.1) is 0 Å². The van der Waals surface area contributed by atoms with E-state index in [9.17, 15) is 0 Å². The third-order valence-electron chi connectivity index (χ3n) is 2.30. The van der Waals surface area contributed by atoms with Crippen molar-refractivity contribution < 1.29 is 4.99 Å². The molecular formula is C9H15N2+. The van der Waals surface area contributed by atoms with E-state index in [0.29, 0.717) is 0 Å². The predicted octanol–water partition coefficient (Wildman–Crippen LogP) is -0.431. The fourth-order valence-corrected chi connectivity index (χ4v) is 1.69. The molecule has 0 atom stereocenters. The third kappa shape index (κ3) is 1.62. The molecule has 60 valence electrons. The molecule has 0 aromatic rings. The van der Waals surface area contributed by atoms with Gasteiger partial charge in [0.1, 0.15) is 6.54 Å². The molecule has 2 heteroatoms. The van der Waals surface area contributed by atoms with Crippen molar-refractivity contribution in [2.45, 2.75) is 25.7 Å². The second-order valence-corrected chi connectivity index (χ2v) is 3.26. The van der Waals surface area contributed by atoms with Gasteiger partial charge in [0.25, 0.3) is 0 Å². The van der Waals surface area contributed by atoms with E-state index in [0.717, 1.165) is 0 Å². The Labute approximate surface area is 67.4 Å². The summed E-state index contributed by atoms with van der Waals surface area (Å²) in [6, 6.07) is 0. The fraction of sp³-hybridized carbons (Fsp3) is 0.667. The largest absolute Gasteiger partial charge is 0.388 e. The van der Waals surface area contributed by atoms with E-state index in [1.54, 1.807) is 0 Å². The number of hydrogen-bond donors (Lipinski definition) is 2. The van der Waals surface area contributed by atoms with Crippen LogP contribution in [0.5, 0.6) is 0 Å². The van der Waals surface area contributed by atoms with Gasteiger partial charge < -0.3 is 5.32 Å². The molecule has 1 fully saturated rings. The molecule has 0 unspecified atom stereocenters.